The fourth-order valence-electron chi connectivity index (χ4n) is 6.26. The second kappa shape index (κ2) is 8.71. The summed E-state index contributed by atoms with van der Waals surface area (Å²) >= 11 is 17.3. The number of carbonyl (C=O) groups is 5. The van der Waals surface area contributed by atoms with E-state index in [1.165, 1.54) is 19.2 Å². The molecule has 0 unspecified atom stereocenters. The zero-order chi connectivity index (χ0) is 27.0. The molecule has 196 valence electrons. The van der Waals surface area contributed by atoms with Crippen molar-refractivity contribution in [3.8, 4) is 11.5 Å². The van der Waals surface area contributed by atoms with Crippen LogP contribution in [0.1, 0.15) is 24.3 Å². The smallest absolute Gasteiger partial charge is 0.423 e. The normalized spacial score (nSPS) is 34.7. The first kappa shape index (κ1) is 26.0. The van der Waals surface area contributed by atoms with Gasteiger partial charge in [0, 0.05) is 17.5 Å². The van der Waals surface area contributed by atoms with Gasteiger partial charge in [0.15, 0.2) is 9.75 Å². The van der Waals surface area contributed by atoms with E-state index in [0.717, 1.165) is 12.0 Å². The van der Waals surface area contributed by atoms with Crippen LogP contribution in [0.4, 0.5) is 4.79 Å². The summed E-state index contributed by atoms with van der Waals surface area (Å²) in [6.07, 6.45) is 0.437. The topological polar surface area (TPSA) is 131 Å². The lowest BCUT2D eigenvalue weighted by Crippen LogP contribution is -2.60. The number of allylic oxidation sites excluding steroid dienone is 2. The Morgan fingerprint density at radius 3 is 2.43 bits per heavy atom. The lowest BCUT2D eigenvalue weighted by Gasteiger charge is -2.50. The lowest BCUT2D eigenvalue weighted by atomic mass is 9.56. The molecule has 0 radical (unpaired) electrons. The van der Waals surface area contributed by atoms with Crippen molar-refractivity contribution in [2.75, 3.05) is 19.7 Å². The van der Waals surface area contributed by atoms with E-state index in [0.29, 0.717) is 16.2 Å². The van der Waals surface area contributed by atoms with Gasteiger partial charge < -0.3 is 14.6 Å². The summed E-state index contributed by atoms with van der Waals surface area (Å²) in [7, 11) is 2.48. The van der Waals surface area contributed by atoms with E-state index in [-0.39, 0.29) is 29.6 Å². The molecule has 2 heterocycles. The van der Waals surface area contributed by atoms with Crippen molar-refractivity contribution in [3.63, 3.8) is 0 Å². The number of alkyl halides is 3. The number of rotatable bonds is 3. The molecule has 0 bridgehead atoms. The Morgan fingerprint density at radius 1 is 1.14 bits per heavy atom. The molecule has 0 spiro atoms. The van der Waals surface area contributed by atoms with Crippen LogP contribution in [-0.4, -0.2) is 74.1 Å². The van der Waals surface area contributed by atoms with Gasteiger partial charge in [-0.1, -0.05) is 33.6 Å². The minimum atomic E-state index is -2.05. The van der Waals surface area contributed by atoms with Gasteiger partial charge in [-0.3, -0.25) is 24.1 Å². The van der Waals surface area contributed by atoms with Gasteiger partial charge in [-0.05, 0) is 24.8 Å². The zero-order valence-corrected chi connectivity index (χ0v) is 22.7. The third kappa shape index (κ3) is 3.20. The van der Waals surface area contributed by atoms with E-state index in [9.17, 15) is 29.1 Å². The summed E-state index contributed by atoms with van der Waals surface area (Å²) < 4.78 is 9.81. The van der Waals surface area contributed by atoms with Crippen molar-refractivity contribution >= 4 is 68.9 Å². The number of hydrogen-bond acceptors (Lipinski definition) is 8. The zero-order valence-electron chi connectivity index (χ0n) is 19.6. The van der Waals surface area contributed by atoms with Gasteiger partial charge in [-0.2, -0.15) is 4.90 Å². The number of fused-ring (bicyclic) bond motifs is 4. The highest BCUT2D eigenvalue weighted by Crippen LogP contribution is 2.66. The van der Waals surface area contributed by atoms with Crippen LogP contribution in [-0.2, 0) is 23.9 Å². The molecular formula is C24H21BrCl2N2O8. The highest BCUT2D eigenvalue weighted by Gasteiger charge is 2.76. The minimum Gasteiger partial charge on any atom is -0.508 e. The lowest BCUT2D eigenvalue weighted by molar-refractivity contribution is -0.140. The Balaban J connectivity index is 1.73. The molecule has 4 aliphatic rings. The van der Waals surface area contributed by atoms with E-state index >= 15 is 0 Å². The largest absolute Gasteiger partial charge is 0.508 e. The summed E-state index contributed by atoms with van der Waals surface area (Å²) in [5.74, 6) is -6.77. The monoisotopic (exact) mass is 614 g/mol. The summed E-state index contributed by atoms with van der Waals surface area (Å²) in [4.78, 5) is 63.2. The van der Waals surface area contributed by atoms with Crippen molar-refractivity contribution in [1.29, 1.82) is 0 Å². The number of benzene rings is 1. The number of carbonyl (C=O) groups excluding carboxylic acids is 5. The van der Waals surface area contributed by atoms with Crippen molar-refractivity contribution in [2.24, 2.45) is 17.8 Å². The first-order valence-electron chi connectivity index (χ1n) is 11.3. The van der Waals surface area contributed by atoms with E-state index in [4.69, 9.17) is 27.9 Å². The van der Waals surface area contributed by atoms with Gasteiger partial charge in [0.05, 0.1) is 31.5 Å². The number of methoxy groups -OCH3 is 2. The third-order valence-corrected chi connectivity index (χ3v) is 9.84. The number of likely N-dealkylation sites (tertiary alicyclic amines) is 2. The Hall–Kier alpha value is -2.63. The van der Waals surface area contributed by atoms with Gasteiger partial charge in [0.1, 0.15) is 11.5 Å². The number of nitrogens with zero attached hydrogens (tertiary/aromatic N) is 2. The van der Waals surface area contributed by atoms with Gasteiger partial charge in [0.2, 0.25) is 11.8 Å². The van der Waals surface area contributed by atoms with Crippen LogP contribution >= 0.6 is 39.1 Å². The molecule has 2 saturated heterocycles. The molecule has 5 amide bonds. The molecule has 3 fully saturated rings. The maximum atomic E-state index is 13.7. The molecule has 6 atom stereocenters. The molecule has 5 rings (SSSR count). The van der Waals surface area contributed by atoms with Crippen LogP contribution in [0.5, 0.6) is 11.5 Å². The van der Waals surface area contributed by atoms with Crippen LogP contribution in [0, 0.1) is 17.8 Å². The standard InChI is InChI=1S/C24H21BrCl2N2O8/c1-36-10-3-4-12(15(30)7-10)17-11-5-6-13-16(19(32)29(18(13)31)22(35)37-2)14(11)8-23(26)20(33)28(9-25)21(34)24(17,23)27/h3-5,7,13-14,16-17,30H,6,8-9H2,1-2H3/t13-,14+,16-,17+,23+,24-/m0/s1. The molecule has 10 nitrogen and oxygen atoms in total. The maximum Gasteiger partial charge on any atom is 0.423 e. The van der Waals surface area contributed by atoms with Crippen molar-refractivity contribution in [2.45, 2.75) is 28.5 Å². The summed E-state index contributed by atoms with van der Waals surface area (Å²) in [6, 6.07) is 4.42. The van der Waals surface area contributed by atoms with Crippen LogP contribution in [0.3, 0.4) is 0 Å². The number of halogens is 3. The second-order valence-electron chi connectivity index (χ2n) is 9.39. The Kier molecular flexibility index (Phi) is 6.12. The Morgan fingerprint density at radius 2 is 1.84 bits per heavy atom. The highest BCUT2D eigenvalue weighted by molar-refractivity contribution is 9.09. The molecule has 2 aliphatic carbocycles. The van der Waals surface area contributed by atoms with Crippen LogP contribution in [0.25, 0.3) is 0 Å². The molecule has 13 heteroatoms. The summed E-state index contributed by atoms with van der Waals surface area (Å²) in [5, 5.41) is 11.0. The number of imide groups is 4. The second-order valence-corrected chi connectivity index (χ2v) is 11.1. The average Bonchev–Trinajstić information content (AvgIpc) is 3.22. The van der Waals surface area contributed by atoms with Gasteiger partial charge in [0.25, 0.3) is 11.8 Å². The van der Waals surface area contributed by atoms with E-state index in [2.05, 4.69) is 20.7 Å². The molecule has 1 saturated carbocycles. The molecular weight excluding hydrogens is 595 g/mol. The van der Waals surface area contributed by atoms with Gasteiger partial charge >= 0.3 is 6.09 Å². The van der Waals surface area contributed by atoms with Crippen LogP contribution < -0.4 is 4.74 Å². The predicted octanol–water partition coefficient (Wildman–Crippen LogP) is 2.88. The first-order chi connectivity index (χ1) is 17.5. The average molecular weight is 616 g/mol. The SMILES string of the molecule is COC(=O)N1C(=O)[C@H]2[C@H](CC=C3[C@H]2C[C@@]2(Cl)C(=O)N(CBr)C(=O)[C@@]2(Cl)[C@H]3c2ccc(OC)cc2O)C1=O. The van der Waals surface area contributed by atoms with Crippen LogP contribution in [0.15, 0.2) is 29.8 Å². The fourth-order valence-corrected chi connectivity index (χ4v) is 7.68. The molecule has 0 aromatic heterocycles. The first-order valence-corrected chi connectivity index (χ1v) is 13.2. The van der Waals surface area contributed by atoms with E-state index in [1.807, 2.05) is 0 Å². The Labute approximate surface area is 229 Å². The van der Waals surface area contributed by atoms with Gasteiger partial charge in [-0.15, -0.1) is 23.2 Å². The highest BCUT2D eigenvalue weighted by atomic mass is 79.9. The quantitative estimate of drug-likeness (QED) is 0.238. The molecule has 2 aliphatic heterocycles. The minimum absolute atomic E-state index is 0.0779. The molecule has 1 N–H and O–H groups in total. The van der Waals surface area contributed by atoms with Crippen molar-refractivity contribution < 1.29 is 38.6 Å². The van der Waals surface area contributed by atoms with E-state index < -0.39 is 63.1 Å². The molecule has 1 aromatic rings. The summed E-state index contributed by atoms with van der Waals surface area (Å²) in [5.41, 5.74) is 0.519. The number of hydrogen-bond donors (Lipinski definition) is 1. The predicted molar refractivity (Wildman–Crippen MR) is 132 cm³/mol. The molecule has 1 aromatic carbocycles. The molecule has 37 heavy (non-hydrogen) atoms. The third-order valence-electron chi connectivity index (χ3n) is 7.92. The van der Waals surface area contributed by atoms with Crippen molar-refractivity contribution in [1.82, 2.24) is 9.80 Å². The number of phenolic OH excluding ortho intramolecular Hbond substituents is 1. The Bertz CT molecular complexity index is 1300. The number of aromatic hydroxyl groups is 1. The maximum absolute atomic E-state index is 13.7. The number of amides is 5. The fraction of sp³-hybridized carbons (Fsp3) is 0.458. The van der Waals surface area contributed by atoms with E-state index in [1.54, 1.807) is 12.1 Å². The van der Waals surface area contributed by atoms with Crippen molar-refractivity contribution in [3.05, 3.63) is 35.4 Å². The van der Waals surface area contributed by atoms with Crippen LogP contribution in [0.2, 0.25) is 0 Å². The van der Waals surface area contributed by atoms with Gasteiger partial charge in [-0.25, -0.2) is 4.79 Å². The number of phenols is 1. The summed E-state index contributed by atoms with van der Waals surface area (Å²) in [6.45, 7) is 0. The number of ether oxygens (including phenoxy) is 2.